The van der Waals surface area contributed by atoms with Crippen LogP contribution in [0.15, 0.2) is 10.7 Å². The van der Waals surface area contributed by atoms with Gasteiger partial charge in [-0.1, -0.05) is 19.3 Å². The molecule has 18 heavy (non-hydrogen) atoms. The van der Waals surface area contributed by atoms with Crippen molar-refractivity contribution in [3.05, 3.63) is 10.7 Å². The number of ether oxygens (including phenoxy) is 1. The van der Waals surface area contributed by atoms with Gasteiger partial charge in [0.1, 0.15) is 5.82 Å². The zero-order valence-electron chi connectivity index (χ0n) is 10.4. The molecule has 0 radical (unpaired) electrons. The SMILES string of the molecule is Nc1ncc(Br)c(NCCOC2CCCCC2)n1. The maximum Gasteiger partial charge on any atom is 0.221 e. The second-order valence-electron chi connectivity index (χ2n) is 4.48. The van der Waals surface area contributed by atoms with Gasteiger partial charge in [0.2, 0.25) is 5.95 Å². The fourth-order valence-corrected chi connectivity index (χ4v) is 2.46. The van der Waals surface area contributed by atoms with E-state index < -0.39 is 0 Å². The summed E-state index contributed by atoms with van der Waals surface area (Å²) in [6.45, 7) is 1.42. The number of nitrogens with two attached hydrogens (primary N) is 1. The normalized spacial score (nSPS) is 16.7. The lowest BCUT2D eigenvalue weighted by Crippen LogP contribution is -2.21. The highest BCUT2D eigenvalue weighted by molar-refractivity contribution is 9.10. The zero-order valence-corrected chi connectivity index (χ0v) is 11.9. The van der Waals surface area contributed by atoms with Crippen molar-refractivity contribution in [1.82, 2.24) is 9.97 Å². The van der Waals surface area contributed by atoms with Gasteiger partial charge in [-0.05, 0) is 28.8 Å². The number of nitrogens with zero attached hydrogens (tertiary/aromatic N) is 2. The van der Waals surface area contributed by atoms with Crippen LogP contribution >= 0.6 is 15.9 Å². The number of aromatic nitrogens is 2. The molecule has 0 saturated heterocycles. The van der Waals surface area contributed by atoms with Crippen LogP contribution in [0, 0.1) is 0 Å². The van der Waals surface area contributed by atoms with Crippen molar-refractivity contribution in [2.24, 2.45) is 0 Å². The van der Waals surface area contributed by atoms with Crippen LogP contribution in [-0.4, -0.2) is 29.2 Å². The van der Waals surface area contributed by atoms with Crippen LogP contribution in [0.3, 0.4) is 0 Å². The highest BCUT2D eigenvalue weighted by atomic mass is 79.9. The van der Waals surface area contributed by atoms with Crippen molar-refractivity contribution < 1.29 is 4.74 Å². The van der Waals surface area contributed by atoms with E-state index in [-0.39, 0.29) is 5.95 Å². The summed E-state index contributed by atoms with van der Waals surface area (Å²) in [5.41, 5.74) is 5.53. The van der Waals surface area contributed by atoms with Crippen LogP contribution in [0.2, 0.25) is 0 Å². The van der Waals surface area contributed by atoms with Gasteiger partial charge in [-0.25, -0.2) is 4.98 Å². The smallest absolute Gasteiger partial charge is 0.221 e. The molecular formula is C12H19BrN4O. The summed E-state index contributed by atoms with van der Waals surface area (Å²) in [6, 6.07) is 0. The van der Waals surface area contributed by atoms with Crippen LogP contribution in [0.1, 0.15) is 32.1 Å². The van der Waals surface area contributed by atoms with E-state index in [1.807, 2.05) is 0 Å². The summed E-state index contributed by atoms with van der Waals surface area (Å²) >= 11 is 3.38. The Morgan fingerprint density at radius 1 is 1.39 bits per heavy atom. The first-order chi connectivity index (χ1) is 8.75. The molecule has 0 aromatic carbocycles. The zero-order chi connectivity index (χ0) is 12.8. The molecule has 0 aliphatic heterocycles. The molecule has 1 aliphatic rings. The standard InChI is InChI=1S/C12H19BrN4O/c13-10-8-16-12(14)17-11(10)15-6-7-18-9-4-2-1-3-5-9/h8-9H,1-7H2,(H3,14,15,16,17). The van der Waals surface area contributed by atoms with Crippen molar-refractivity contribution in [2.45, 2.75) is 38.2 Å². The minimum Gasteiger partial charge on any atom is -0.376 e. The van der Waals surface area contributed by atoms with Gasteiger partial charge in [0.25, 0.3) is 0 Å². The van der Waals surface area contributed by atoms with Gasteiger partial charge >= 0.3 is 0 Å². The van der Waals surface area contributed by atoms with Gasteiger partial charge in [-0.3, -0.25) is 0 Å². The molecule has 1 saturated carbocycles. The summed E-state index contributed by atoms with van der Waals surface area (Å²) in [6.07, 6.45) is 8.43. The van der Waals surface area contributed by atoms with Gasteiger partial charge in [-0.2, -0.15) is 4.98 Å². The number of hydrogen-bond acceptors (Lipinski definition) is 5. The molecule has 0 unspecified atom stereocenters. The van der Waals surface area contributed by atoms with E-state index in [1.54, 1.807) is 6.20 Å². The van der Waals surface area contributed by atoms with E-state index in [4.69, 9.17) is 10.5 Å². The maximum atomic E-state index is 5.82. The topological polar surface area (TPSA) is 73.1 Å². The fraction of sp³-hybridized carbons (Fsp3) is 0.667. The first-order valence-corrected chi connectivity index (χ1v) is 7.18. The molecular weight excluding hydrogens is 296 g/mol. The van der Waals surface area contributed by atoms with E-state index in [2.05, 4.69) is 31.2 Å². The third kappa shape index (κ3) is 4.10. The molecule has 3 N–H and O–H groups in total. The summed E-state index contributed by atoms with van der Waals surface area (Å²) < 4.78 is 6.64. The van der Waals surface area contributed by atoms with Crippen LogP contribution in [-0.2, 0) is 4.74 Å². The Bertz CT molecular complexity index is 382. The Labute approximate surface area is 116 Å². The van der Waals surface area contributed by atoms with E-state index >= 15 is 0 Å². The summed E-state index contributed by atoms with van der Waals surface area (Å²) in [5.74, 6) is 0.989. The van der Waals surface area contributed by atoms with E-state index in [9.17, 15) is 0 Å². The minimum atomic E-state index is 0.272. The molecule has 0 atom stereocenters. The summed E-state index contributed by atoms with van der Waals surface area (Å²) in [5, 5.41) is 3.19. The summed E-state index contributed by atoms with van der Waals surface area (Å²) in [7, 11) is 0. The lowest BCUT2D eigenvalue weighted by molar-refractivity contribution is 0.0347. The minimum absolute atomic E-state index is 0.272. The number of anilines is 2. The van der Waals surface area contributed by atoms with E-state index in [0.717, 1.165) is 16.8 Å². The Morgan fingerprint density at radius 2 is 2.17 bits per heavy atom. The molecule has 100 valence electrons. The van der Waals surface area contributed by atoms with Gasteiger partial charge < -0.3 is 15.8 Å². The van der Waals surface area contributed by atoms with Crippen molar-refractivity contribution in [3.8, 4) is 0 Å². The molecule has 5 nitrogen and oxygen atoms in total. The van der Waals surface area contributed by atoms with Gasteiger partial charge in [0.15, 0.2) is 0 Å². The Balaban J connectivity index is 1.69. The number of rotatable bonds is 5. The first-order valence-electron chi connectivity index (χ1n) is 6.39. The van der Waals surface area contributed by atoms with Crippen LogP contribution in [0.5, 0.6) is 0 Å². The second-order valence-corrected chi connectivity index (χ2v) is 5.34. The Hall–Kier alpha value is -0.880. The predicted molar refractivity (Wildman–Crippen MR) is 75.5 cm³/mol. The Morgan fingerprint density at radius 3 is 2.94 bits per heavy atom. The third-order valence-electron chi connectivity index (χ3n) is 3.06. The average molecular weight is 315 g/mol. The van der Waals surface area contributed by atoms with Crippen molar-refractivity contribution in [2.75, 3.05) is 24.2 Å². The molecule has 6 heteroatoms. The van der Waals surface area contributed by atoms with Crippen LogP contribution in [0.4, 0.5) is 11.8 Å². The molecule has 1 aromatic rings. The number of nitrogens with one attached hydrogen (secondary N) is 1. The van der Waals surface area contributed by atoms with E-state index in [0.29, 0.717) is 12.7 Å². The van der Waals surface area contributed by atoms with Crippen LogP contribution < -0.4 is 11.1 Å². The molecule has 1 aliphatic carbocycles. The van der Waals surface area contributed by atoms with Crippen LogP contribution in [0.25, 0.3) is 0 Å². The molecule has 1 aromatic heterocycles. The van der Waals surface area contributed by atoms with E-state index in [1.165, 1.54) is 32.1 Å². The lowest BCUT2D eigenvalue weighted by atomic mass is 9.98. The monoisotopic (exact) mass is 314 g/mol. The second kappa shape index (κ2) is 6.89. The number of halogens is 1. The number of hydrogen-bond donors (Lipinski definition) is 2. The Kier molecular flexibility index (Phi) is 5.19. The fourth-order valence-electron chi connectivity index (χ4n) is 2.13. The average Bonchev–Trinajstić information content (AvgIpc) is 2.40. The largest absolute Gasteiger partial charge is 0.376 e. The van der Waals surface area contributed by atoms with Crippen molar-refractivity contribution in [3.63, 3.8) is 0 Å². The lowest BCUT2D eigenvalue weighted by Gasteiger charge is -2.22. The molecule has 1 fully saturated rings. The predicted octanol–water partition coefficient (Wildman–Crippen LogP) is 2.58. The van der Waals surface area contributed by atoms with Crippen molar-refractivity contribution in [1.29, 1.82) is 0 Å². The maximum absolute atomic E-state index is 5.82. The molecule has 0 spiro atoms. The number of nitrogen functional groups attached to an aromatic ring is 1. The van der Waals surface area contributed by atoms with Gasteiger partial charge in [0, 0.05) is 12.7 Å². The summed E-state index contributed by atoms with van der Waals surface area (Å²) in [4.78, 5) is 8.00. The van der Waals surface area contributed by atoms with Gasteiger partial charge in [-0.15, -0.1) is 0 Å². The third-order valence-corrected chi connectivity index (χ3v) is 3.64. The highest BCUT2D eigenvalue weighted by Gasteiger charge is 2.13. The quantitative estimate of drug-likeness (QED) is 0.817. The highest BCUT2D eigenvalue weighted by Crippen LogP contribution is 2.21. The first kappa shape index (κ1) is 13.5. The van der Waals surface area contributed by atoms with Gasteiger partial charge in [0.05, 0.1) is 17.2 Å². The molecule has 0 amide bonds. The molecule has 2 rings (SSSR count). The molecule has 1 heterocycles. The van der Waals surface area contributed by atoms with Crippen molar-refractivity contribution >= 4 is 27.7 Å². The molecule has 0 bridgehead atoms.